The molecule has 2 aromatic heterocycles. The van der Waals surface area contributed by atoms with Crippen LogP contribution in [0.25, 0.3) is 32.5 Å². The van der Waals surface area contributed by atoms with Gasteiger partial charge in [0, 0.05) is 11.0 Å². The summed E-state index contributed by atoms with van der Waals surface area (Å²) in [5, 5.41) is 11.3. The first kappa shape index (κ1) is 18.5. The van der Waals surface area contributed by atoms with E-state index in [1.54, 1.807) is 9.13 Å². The maximum Gasteiger partial charge on any atom is 0.329 e. The van der Waals surface area contributed by atoms with Crippen molar-refractivity contribution >= 4 is 27.9 Å². The number of nitrogens with zero attached hydrogens (tertiary/aromatic N) is 7. The second kappa shape index (κ2) is 7.29. The predicted octanol–water partition coefficient (Wildman–Crippen LogP) is 4.07. The number of benzene rings is 2. The molecule has 0 radical (unpaired) electrons. The van der Waals surface area contributed by atoms with E-state index in [0.717, 1.165) is 22.1 Å². The zero-order chi connectivity index (χ0) is 20.5. The van der Waals surface area contributed by atoms with E-state index in [1.807, 2.05) is 66.9 Å². The number of hydrogen-bond acceptors (Lipinski definition) is 3. The van der Waals surface area contributed by atoms with Crippen LogP contribution in [-0.4, -0.2) is 24.5 Å². The Morgan fingerprint density at radius 3 is 2.45 bits per heavy atom. The fourth-order valence-electron chi connectivity index (χ4n) is 3.68. The quantitative estimate of drug-likeness (QED) is 0.182. The van der Waals surface area contributed by atoms with Crippen molar-refractivity contribution in [2.75, 3.05) is 0 Å². The van der Waals surface area contributed by atoms with Crippen molar-refractivity contribution in [2.24, 2.45) is 5.11 Å². The second-order valence-electron chi connectivity index (χ2n) is 7.06. The number of para-hydroxylation sites is 4. The first-order valence-electron chi connectivity index (χ1n) is 9.27. The van der Waals surface area contributed by atoms with Gasteiger partial charge in [0.05, 0.1) is 35.2 Å². The van der Waals surface area contributed by atoms with Crippen LogP contribution in [0, 0.1) is 5.41 Å². The lowest BCUT2D eigenvalue weighted by molar-refractivity contribution is 0.568. The van der Waals surface area contributed by atoms with Crippen LogP contribution < -0.4 is 5.69 Å². The van der Waals surface area contributed by atoms with Crippen molar-refractivity contribution in [3.63, 3.8) is 0 Å². The first-order chi connectivity index (χ1) is 14.0. The summed E-state index contributed by atoms with van der Waals surface area (Å²) in [6, 6.07) is 15.3. The third kappa shape index (κ3) is 3.17. The number of fused-ring (bicyclic) bond motifs is 2. The SMILES string of the molecule is CC(C)n1c(=O)n(Cc2nc3ccccc3n2CC(=N)N=[N+]=[N-])c2ccccc21. The molecule has 9 nitrogen and oxygen atoms in total. The number of nitrogens with one attached hydrogen (secondary N) is 1. The van der Waals surface area contributed by atoms with Crippen LogP contribution >= 0.6 is 0 Å². The highest BCUT2D eigenvalue weighted by Crippen LogP contribution is 2.20. The lowest BCUT2D eigenvalue weighted by atomic mass is 10.3. The van der Waals surface area contributed by atoms with Gasteiger partial charge in [-0.3, -0.25) is 9.13 Å². The summed E-state index contributed by atoms with van der Waals surface area (Å²) in [6.45, 7) is 4.29. The summed E-state index contributed by atoms with van der Waals surface area (Å²) in [4.78, 5) is 20.5. The molecule has 2 aromatic carbocycles. The monoisotopic (exact) mass is 388 g/mol. The zero-order valence-corrected chi connectivity index (χ0v) is 16.1. The van der Waals surface area contributed by atoms with E-state index >= 15 is 0 Å². The van der Waals surface area contributed by atoms with Gasteiger partial charge in [-0.1, -0.05) is 24.3 Å². The molecule has 2 heterocycles. The van der Waals surface area contributed by atoms with Gasteiger partial charge in [-0.05, 0) is 48.8 Å². The molecule has 0 saturated carbocycles. The minimum Gasteiger partial charge on any atom is -0.321 e. The van der Waals surface area contributed by atoms with Gasteiger partial charge in [-0.2, -0.15) is 0 Å². The summed E-state index contributed by atoms with van der Waals surface area (Å²) in [5.74, 6) is 0.506. The van der Waals surface area contributed by atoms with Crippen LogP contribution in [-0.2, 0) is 13.1 Å². The highest BCUT2D eigenvalue weighted by molar-refractivity contribution is 5.83. The number of rotatable bonds is 5. The lowest BCUT2D eigenvalue weighted by Gasteiger charge is -2.09. The van der Waals surface area contributed by atoms with Crippen molar-refractivity contribution in [3.05, 3.63) is 75.3 Å². The Labute approximate surface area is 166 Å². The fraction of sp³-hybridized carbons (Fsp3) is 0.250. The summed E-state index contributed by atoms with van der Waals surface area (Å²) in [6.07, 6.45) is 0. The van der Waals surface area contributed by atoms with Gasteiger partial charge in [-0.15, -0.1) is 0 Å². The molecular weight excluding hydrogens is 368 g/mol. The minimum atomic E-state index is -0.117. The van der Waals surface area contributed by atoms with E-state index < -0.39 is 0 Å². The molecule has 4 rings (SSSR count). The van der Waals surface area contributed by atoms with Crippen LogP contribution in [0.5, 0.6) is 0 Å². The van der Waals surface area contributed by atoms with E-state index in [1.165, 1.54) is 0 Å². The van der Waals surface area contributed by atoms with Crippen molar-refractivity contribution in [1.29, 1.82) is 5.41 Å². The molecule has 4 aromatic rings. The van der Waals surface area contributed by atoms with Crippen LogP contribution in [0.15, 0.2) is 58.4 Å². The third-order valence-corrected chi connectivity index (χ3v) is 4.89. The lowest BCUT2D eigenvalue weighted by Crippen LogP contribution is -2.27. The molecule has 0 amide bonds. The molecule has 146 valence electrons. The second-order valence-corrected chi connectivity index (χ2v) is 7.06. The highest BCUT2D eigenvalue weighted by atomic mass is 16.1. The molecule has 0 aliphatic heterocycles. The molecule has 0 aliphatic carbocycles. The molecule has 1 N–H and O–H groups in total. The van der Waals surface area contributed by atoms with Crippen LogP contribution in [0.1, 0.15) is 25.7 Å². The van der Waals surface area contributed by atoms with Gasteiger partial charge in [0.2, 0.25) is 0 Å². The molecule has 0 unspecified atom stereocenters. The average molecular weight is 388 g/mol. The number of hydrogen-bond donors (Lipinski definition) is 1. The molecule has 0 aliphatic rings. The van der Waals surface area contributed by atoms with Crippen molar-refractivity contribution in [1.82, 2.24) is 18.7 Å². The van der Waals surface area contributed by atoms with Gasteiger partial charge in [0.1, 0.15) is 11.7 Å². The van der Waals surface area contributed by atoms with Crippen molar-refractivity contribution < 1.29 is 0 Å². The smallest absolute Gasteiger partial charge is 0.321 e. The number of amidine groups is 1. The van der Waals surface area contributed by atoms with E-state index in [9.17, 15) is 4.79 Å². The van der Waals surface area contributed by atoms with Gasteiger partial charge in [0.15, 0.2) is 0 Å². The molecule has 0 spiro atoms. The van der Waals surface area contributed by atoms with E-state index in [2.05, 4.69) is 15.0 Å². The Balaban J connectivity index is 1.89. The molecule has 0 saturated heterocycles. The molecule has 0 fully saturated rings. The first-order valence-corrected chi connectivity index (χ1v) is 9.27. The summed E-state index contributed by atoms with van der Waals surface area (Å²) >= 11 is 0. The number of imidazole rings is 2. The maximum absolute atomic E-state index is 13.2. The number of azide groups is 1. The molecular formula is C20H20N8O. The van der Waals surface area contributed by atoms with Gasteiger partial charge in [-0.25, -0.2) is 9.78 Å². The van der Waals surface area contributed by atoms with E-state index in [0.29, 0.717) is 5.82 Å². The van der Waals surface area contributed by atoms with Crippen molar-refractivity contribution in [2.45, 2.75) is 33.0 Å². The summed E-state index contributed by atoms with van der Waals surface area (Å²) in [5.41, 5.74) is 11.8. The Hall–Kier alpha value is -3.84. The van der Waals surface area contributed by atoms with Gasteiger partial charge < -0.3 is 9.98 Å². The van der Waals surface area contributed by atoms with Crippen molar-refractivity contribution in [3.8, 4) is 0 Å². The Morgan fingerprint density at radius 1 is 1.10 bits per heavy atom. The van der Waals surface area contributed by atoms with Gasteiger partial charge in [0.25, 0.3) is 0 Å². The standard InChI is InChI=1S/C20H20N8O/c1-13(2)28-17-10-6-5-9-16(17)27(20(28)29)12-19-23-14-7-3-4-8-15(14)26(19)11-18(21)24-25-22/h3-10,13,21H,11-12H2,1-2H3. The maximum atomic E-state index is 13.2. The Morgan fingerprint density at radius 2 is 1.76 bits per heavy atom. The van der Waals surface area contributed by atoms with Crippen LogP contribution in [0.2, 0.25) is 0 Å². The fourth-order valence-corrected chi connectivity index (χ4v) is 3.68. The molecule has 0 bridgehead atoms. The summed E-state index contributed by atoms with van der Waals surface area (Å²) < 4.78 is 5.29. The highest BCUT2D eigenvalue weighted by Gasteiger charge is 2.18. The Kier molecular flexibility index (Phi) is 4.66. The van der Waals surface area contributed by atoms with E-state index in [4.69, 9.17) is 10.9 Å². The summed E-state index contributed by atoms with van der Waals surface area (Å²) in [7, 11) is 0. The predicted molar refractivity (Wildman–Crippen MR) is 112 cm³/mol. The van der Waals surface area contributed by atoms with Crippen LogP contribution in [0.4, 0.5) is 0 Å². The average Bonchev–Trinajstić information content (AvgIpc) is 3.18. The Bertz CT molecular complexity index is 1330. The normalized spacial score (nSPS) is 11.3. The number of aromatic nitrogens is 4. The van der Waals surface area contributed by atoms with Gasteiger partial charge >= 0.3 is 5.69 Å². The van der Waals surface area contributed by atoms with E-state index in [-0.39, 0.29) is 30.7 Å². The zero-order valence-electron chi connectivity index (χ0n) is 16.1. The third-order valence-electron chi connectivity index (χ3n) is 4.89. The van der Waals surface area contributed by atoms with Crippen LogP contribution in [0.3, 0.4) is 0 Å². The largest absolute Gasteiger partial charge is 0.329 e. The molecule has 29 heavy (non-hydrogen) atoms. The molecule has 0 atom stereocenters. The minimum absolute atomic E-state index is 0.0191. The topological polar surface area (TPSA) is 117 Å². The molecule has 9 heteroatoms.